The number of rotatable bonds is 4. The number of hydrogen-bond donors (Lipinski definition) is 2. The van der Waals surface area contributed by atoms with Crippen molar-refractivity contribution in [1.29, 1.82) is 0 Å². The second-order valence-corrected chi connectivity index (χ2v) is 4.09. The molecular formula is C11H8ClN5O4. The fourth-order valence-electron chi connectivity index (χ4n) is 1.39. The van der Waals surface area contributed by atoms with Crippen molar-refractivity contribution in [3.05, 3.63) is 51.3 Å². The van der Waals surface area contributed by atoms with E-state index in [0.29, 0.717) is 0 Å². The maximum absolute atomic E-state index is 10.6. The summed E-state index contributed by atoms with van der Waals surface area (Å²) in [4.78, 5) is 17.8. The van der Waals surface area contributed by atoms with Crippen LogP contribution in [0.15, 0.2) is 35.6 Å². The van der Waals surface area contributed by atoms with Crippen LogP contribution in [0.25, 0.3) is 0 Å². The molecule has 21 heavy (non-hydrogen) atoms. The topological polar surface area (TPSA) is 137 Å². The third kappa shape index (κ3) is 3.34. The van der Waals surface area contributed by atoms with E-state index in [1.165, 1.54) is 30.5 Å². The summed E-state index contributed by atoms with van der Waals surface area (Å²) in [6.07, 6.45) is 1.35. The Morgan fingerprint density at radius 2 is 2.24 bits per heavy atom. The molecule has 10 heteroatoms. The minimum atomic E-state index is -0.609. The van der Waals surface area contributed by atoms with Gasteiger partial charge in [-0.25, -0.2) is 4.98 Å². The van der Waals surface area contributed by atoms with Gasteiger partial charge in [-0.1, -0.05) is 16.8 Å². The van der Waals surface area contributed by atoms with Crippen LogP contribution in [0.3, 0.4) is 0 Å². The predicted octanol–water partition coefficient (Wildman–Crippen LogP) is 1.92. The summed E-state index contributed by atoms with van der Waals surface area (Å²) in [5.74, 6) is 0.00578. The summed E-state index contributed by atoms with van der Waals surface area (Å²) in [6.45, 7) is 0. The van der Waals surface area contributed by atoms with E-state index in [4.69, 9.17) is 27.3 Å². The molecule has 0 amide bonds. The van der Waals surface area contributed by atoms with E-state index in [2.05, 4.69) is 15.1 Å². The lowest BCUT2D eigenvalue weighted by Crippen LogP contribution is -2.15. The van der Waals surface area contributed by atoms with E-state index in [-0.39, 0.29) is 34.0 Å². The van der Waals surface area contributed by atoms with Gasteiger partial charge in [0.25, 0.3) is 5.69 Å². The van der Waals surface area contributed by atoms with Gasteiger partial charge in [0, 0.05) is 18.3 Å². The molecular weight excluding hydrogens is 302 g/mol. The third-order valence-corrected chi connectivity index (χ3v) is 2.63. The van der Waals surface area contributed by atoms with Gasteiger partial charge in [0.15, 0.2) is 5.84 Å². The fourth-order valence-corrected chi connectivity index (χ4v) is 1.63. The van der Waals surface area contributed by atoms with Gasteiger partial charge < -0.3 is 15.7 Å². The highest BCUT2D eigenvalue weighted by Gasteiger charge is 2.13. The largest absolute Gasteiger partial charge is 0.424 e. The monoisotopic (exact) mass is 309 g/mol. The highest BCUT2D eigenvalue weighted by molar-refractivity contribution is 6.32. The first-order valence-corrected chi connectivity index (χ1v) is 5.82. The second kappa shape index (κ2) is 6.01. The van der Waals surface area contributed by atoms with Gasteiger partial charge in [0.2, 0.25) is 0 Å². The Morgan fingerprint density at radius 1 is 1.48 bits per heavy atom. The Hall–Kier alpha value is -2.94. The number of halogens is 1. The van der Waals surface area contributed by atoms with Crippen molar-refractivity contribution in [2.24, 2.45) is 10.9 Å². The molecule has 0 fully saturated rings. The number of amidine groups is 1. The van der Waals surface area contributed by atoms with Crippen molar-refractivity contribution in [2.45, 2.75) is 0 Å². The van der Waals surface area contributed by atoms with Crippen LogP contribution in [-0.4, -0.2) is 25.9 Å². The molecule has 9 nitrogen and oxygen atoms in total. The normalized spacial score (nSPS) is 11.2. The Labute approximate surface area is 122 Å². The number of benzene rings is 1. The van der Waals surface area contributed by atoms with E-state index in [9.17, 15) is 10.1 Å². The molecule has 108 valence electrons. The lowest BCUT2D eigenvalue weighted by atomic mass is 10.3. The van der Waals surface area contributed by atoms with E-state index in [1.807, 2.05) is 0 Å². The molecule has 2 rings (SSSR count). The maximum atomic E-state index is 10.6. The number of hydrogen-bond acceptors (Lipinski definition) is 7. The standard InChI is InChI=1S/C11H8ClN5O4/c12-7-5-6(1-2-9(7)17(19)20)21-11-14-4-3-8(15-11)10(13)16-18/h1-5,18H,(H2,13,16). The van der Waals surface area contributed by atoms with Gasteiger partial charge in [-0.3, -0.25) is 10.1 Å². The Balaban J connectivity index is 2.26. The average molecular weight is 310 g/mol. The van der Waals surface area contributed by atoms with E-state index in [0.717, 1.165) is 0 Å². The summed E-state index contributed by atoms with van der Waals surface area (Å²) < 4.78 is 5.31. The molecule has 1 heterocycles. The van der Waals surface area contributed by atoms with Crippen LogP contribution in [-0.2, 0) is 0 Å². The number of nitrogens with two attached hydrogens (primary N) is 1. The number of nitro groups is 1. The van der Waals surface area contributed by atoms with Crippen LogP contribution in [0.2, 0.25) is 5.02 Å². The lowest BCUT2D eigenvalue weighted by molar-refractivity contribution is -0.384. The average Bonchev–Trinajstić information content (AvgIpc) is 2.46. The fraction of sp³-hybridized carbons (Fsp3) is 0. The smallest absolute Gasteiger partial charge is 0.322 e. The molecule has 2 aromatic rings. The molecule has 0 saturated heterocycles. The van der Waals surface area contributed by atoms with Crippen molar-refractivity contribution in [1.82, 2.24) is 9.97 Å². The van der Waals surface area contributed by atoms with Crippen LogP contribution in [0.4, 0.5) is 5.69 Å². The van der Waals surface area contributed by atoms with Crippen molar-refractivity contribution in [3.63, 3.8) is 0 Å². The predicted molar refractivity (Wildman–Crippen MR) is 72.7 cm³/mol. The van der Waals surface area contributed by atoms with Crippen molar-refractivity contribution in [2.75, 3.05) is 0 Å². The van der Waals surface area contributed by atoms with E-state index >= 15 is 0 Å². The zero-order valence-corrected chi connectivity index (χ0v) is 11.1. The second-order valence-electron chi connectivity index (χ2n) is 3.68. The zero-order valence-electron chi connectivity index (χ0n) is 10.3. The van der Waals surface area contributed by atoms with Gasteiger partial charge >= 0.3 is 6.01 Å². The molecule has 1 aromatic carbocycles. The number of aromatic nitrogens is 2. The molecule has 0 atom stereocenters. The number of nitro benzene ring substituents is 1. The van der Waals surface area contributed by atoms with Crippen molar-refractivity contribution in [3.8, 4) is 11.8 Å². The molecule has 1 aromatic heterocycles. The maximum Gasteiger partial charge on any atom is 0.322 e. The molecule has 0 aliphatic heterocycles. The van der Waals surface area contributed by atoms with Gasteiger partial charge in [0.1, 0.15) is 16.5 Å². The molecule has 0 radical (unpaired) electrons. The first-order chi connectivity index (χ1) is 10.0. The highest BCUT2D eigenvalue weighted by atomic mass is 35.5. The van der Waals surface area contributed by atoms with Crippen LogP contribution in [0, 0.1) is 10.1 Å². The summed E-state index contributed by atoms with van der Waals surface area (Å²) in [7, 11) is 0. The minimum Gasteiger partial charge on any atom is -0.424 e. The van der Waals surface area contributed by atoms with Crippen LogP contribution in [0.5, 0.6) is 11.8 Å². The van der Waals surface area contributed by atoms with Crippen LogP contribution < -0.4 is 10.5 Å². The van der Waals surface area contributed by atoms with Crippen molar-refractivity contribution < 1.29 is 14.9 Å². The van der Waals surface area contributed by atoms with Gasteiger partial charge in [0.05, 0.1) is 4.92 Å². The first-order valence-electron chi connectivity index (χ1n) is 5.44. The van der Waals surface area contributed by atoms with Gasteiger partial charge in [-0.15, -0.1) is 0 Å². The molecule has 0 aliphatic rings. The summed E-state index contributed by atoms with van der Waals surface area (Å²) in [5.41, 5.74) is 5.31. The summed E-state index contributed by atoms with van der Waals surface area (Å²) >= 11 is 5.76. The number of oxime groups is 1. The molecule has 3 N–H and O–H groups in total. The Morgan fingerprint density at radius 3 is 2.86 bits per heavy atom. The molecule has 0 bridgehead atoms. The first kappa shape index (κ1) is 14.5. The van der Waals surface area contributed by atoms with Gasteiger partial charge in [-0.05, 0) is 12.1 Å². The lowest BCUT2D eigenvalue weighted by Gasteiger charge is -2.05. The molecule has 0 spiro atoms. The van der Waals surface area contributed by atoms with E-state index < -0.39 is 4.92 Å². The third-order valence-electron chi connectivity index (χ3n) is 2.33. The van der Waals surface area contributed by atoms with Gasteiger partial charge in [-0.2, -0.15) is 4.98 Å². The number of nitrogens with zero attached hydrogens (tertiary/aromatic N) is 4. The quantitative estimate of drug-likeness (QED) is 0.289. The summed E-state index contributed by atoms with van der Waals surface area (Å²) in [5, 5.41) is 21.9. The van der Waals surface area contributed by atoms with E-state index in [1.54, 1.807) is 0 Å². The van der Waals surface area contributed by atoms with Crippen LogP contribution >= 0.6 is 11.6 Å². The zero-order chi connectivity index (χ0) is 15.4. The highest BCUT2D eigenvalue weighted by Crippen LogP contribution is 2.29. The molecule has 0 saturated carbocycles. The minimum absolute atomic E-state index is 0.0786. The van der Waals surface area contributed by atoms with Crippen LogP contribution in [0.1, 0.15) is 5.69 Å². The summed E-state index contributed by atoms with van der Waals surface area (Å²) in [6, 6.07) is 5.16. The molecule has 0 unspecified atom stereocenters. The molecule has 0 aliphatic carbocycles. The Kier molecular flexibility index (Phi) is 4.14. The SMILES string of the molecule is N/C(=N/O)c1ccnc(Oc2ccc([N+](=O)[O-])c(Cl)c2)n1. The number of ether oxygens (including phenoxy) is 1. The van der Waals surface area contributed by atoms with Crippen molar-refractivity contribution >= 4 is 23.1 Å². The Bertz CT molecular complexity index is 722.